The van der Waals surface area contributed by atoms with Crippen molar-refractivity contribution in [1.29, 1.82) is 0 Å². The van der Waals surface area contributed by atoms with Gasteiger partial charge in [-0.25, -0.2) is 9.38 Å². The minimum atomic E-state index is 0.493. The average Bonchev–Trinajstić information content (AvgIpc) is 3.37. The highest BCUT2D eigenvalue weighted by Crippen LogP contribution is 2.31. The van der Waals surface area contributed by atoms with E-state index in [-0.39, 0.29) is 0 Å². The van der Waals surface area contributed by atoms with Gasteiger partial charge in [-0.2, -0.15) is 0 Å². The minimum absolute atomic E-state index is 0.493. The Balaban J connectivity index is 1.76. The molecule has 3 aromatic heterocycles. The smallest absolute Gasteiger partial charge is 0.211 e. The molecular formula is C21H16ClN5O. The Morgan fingerprint density at radius 2 is 1.96 bits per heavy atom. The number of furan rings is 1. The number of rotatable bonds is 4. The van der Waals surface area contributed by atoms with Gasteiger partial charge >= 0.3 is 0 Å². The van der Waals surface area contributed by atoms with Crippen LogP contribution in [0.1, 0.15) is 11.3 Å². The van der Waals surface area contributed by atoms with Crippen molar-refractivity contribution in [2.24, 2.45) is 0 Å². The molecule has 1 N–H and O–H groups in total. The van der Waals surface area contributed by atoms with Gasteiger partial charge in [0.1, 0.15) is 5.76 Å². The Hall–Kier alpha value is -3.38. The number of hydrogen-bond acceptors (Lipinski definition) is 5. The lowest BCUT2D eigenvalue weighted by atomic mass is 10.1. The molecule has 0 saturated carbocycles. The molecule has 0 radical (unpaired) electrons. The molecule has 0 bridgehead atoms. The molecule has 0 unspecified atom stereocenters. The first-order chi connectivity index (χ1) is 13.7. The van der Waals surface area contributed by atoms with Crippen LogP contribution in [0.25, 0.3) is 27.9 Å². The van der Waals surface area contributed by atoms with Crippen molar-refractivity contribution >= 4 is 34.1 Å². The van der Waals surface area contributed by atoms with E-state index in [0.717, 1.165) is 33.4 Å². The highest BCUT2D eigenvalue weighted by Gasteiger charge is 2.18. The topological polar surface area (TPSA) is 68.2 Å². The molecule has 5 rings (SSSR count). The second-order valence-corrected chi connectivity index (χ2v) is 6.96. The summed E-state index contributed by atoms with van der Waals surface area (Å²) >= 11 is 6.43. The van der Waals surface area contributed by atoms with Gasteiger partial charge in [-0.3, -0.25) is 0 Å². The first kappa shape index (κ1) is 16.8. The molecular weight excluding hydrogens is 374 g/mol. The van der Waals surface area contributed by atoms with E-state index in [4.69, 9.17) is 21.0 Å². The molecule has 0 aliphatic heterocycles. The summed E-state index contributed by atoms with van der Waals surface area (Å²) in [6.45, 7) is 2.54. The van der Waals surface area contributed by atoms with E-state index in [1.54, 1.807) is 6.26 Å². The number of anilines is 1. The number of nitrogens with one attached hydrogen (secondary N) is 1. The fraction of sp³-hybridized carbons (Fsp3) is 0.0952. The van der Waals surface area contributed by atoms with Gasteiger partial charge < -0.3 is 9.73 Å². The largest absolute Gasteiger partial charge is 0.467 e. The monoisotopic (exact) mass is 389 g/mol. The van der Waals surface area contributed by atoms with Crippen LogP contribution in [0.2, 0.25) is 5.02 Å². The zero-order chi connectivity index (χ0) is 19.1. The van der Waals surface area contributed by atoms with Gasteiger partial charge in [-0.1, -0.05) is 35.4 Å². The van der Waals surface area contributed by atoms with Crippen LogP contribution < -0.4 is 5.32 Å². The van der Waals surface area contributed by atoms with E-state index < -0.39 is 0 Å². The Labute approximate surface area is 165 Å². The zero-order valence-corrected chi connectivity index (χ0v) is 15.8. The lowest BCUT2D eigenvalue weighted by Crippen LogP contribution is -2.08. The standard InChI is InChI=1S/C21H16ClN5O/c1-13-8-9-18-16(11-13)20-26-25-19(15-6-2-3-7-17(15)22)27(20)21(24-18)23-12-14-5-4-10-28-14/h2-11H,12H2,1H3,(H,23,24). The molecule has 2 aromatic carbocycles. The van der Waals surface area contributed by atoms with Gasteiger partial charge in [-0.05, 0) is 43.3 Å². The highest BCUT2D eigenvalue weighted by molar-refractivity contribution is 6.33. The third-order valence-electron chi connectivity index (χ3n) is 4.61. The molecule has 0 aliphatic carbocycles. The molecule has 0 spiro atoms. The molecule has 5 aromatic rings. The van der Waals surface area contributed by atoms with Crippen molar-refractivity contribution in [2.45, 2.75) is 13.5 Å². The van der Waals surface area contributed by atoms with Crippen LogP contribution in [-0.4, -0.2) is 19.6 Å². The van der Waals surface area contributed by atoms with Crippen LogP contribution in [0, 0.1) is 6.92 Å². The molecule has 0 atom stereocenters. The number of fused-ring (bicyclic) bond motifs is 3. The van der Waals surface area contributed by atoms with Gasteiger partial charge in [0, 0.05) is 10.9 Å². The van der Waals surface area contributed by atoms with Gasteiger partial charge in [0.2, 0.25) is 5.95 Å². The minimum Gasteiger partial charge on any atom is -0.467 e. The van der Waals surface area contributed by atoms with E-state index in [9.17, 15) is 0 Å². The summed E-state index contributed by atoms with van der Waals surface area (Å²) in [6, 6.07) is 17.5. The molecule has 3 heterocycles. The van der Waals surface area contributed by atoms with Crippen LogP contribution in [0.15, 0.2) is 65.3 Å². The predicted octanol–water partition coefficient (Wildman–Crippen LogP) is 5.11. The number of aromatic nitrogens is 4. The number of halogens is 1. The lowest BCUT2D eigenvalue weighted by Gasteiger charge is -2.11. The SMILES string of the molecule is Cc1ccc2nc(NCc3ccco3)n3c(-c4ccccc4Cl)nnc3c2c1. The van der Waals surface area contributed by atoms with E-state index in [2.05, 4.69) is 21.6 Å². The second-order valence-electron chi connectivity index (χ2n) is 6.55. The predicted molar refractivity (Wildman–Crippen MR) is 110 cm³/mol. The van der Waals surface area contributed by atoms with Crippen molar-refractivity contribution < 1.29 is 4.42 Å². The molecule has 138 valence electrons. The maximum Gasteiger partial charge on any atom is 0.211 e. The highest BCUT2D eigenvalue weighted by atomic mass is 35.5. The van der Waals surface area contributed by atoms with Crippen molar-refractivity contribution in [2.75, 3.05) is 5.32 Å². The summed E-state index contributed by atoms with van der Waals surface area (Å²) in [6.07, 6.45) is 1.65. The number of benzene rings is 2. The van der Waals surface area contributed by atoms with Crippen molar-refractivity contribution in [3.05, 3.63) is 77.2 Å². The maximum absolute atomic E-state index is 6.43. The van der Waals surface area contributed by atoms with E-state index >= 15 is 0 Å². The summed E-state index contributed by atoms with van der Waals surface area (Å²) in [4.78, 5) is 4.82. The zero-order valence-electron chi connectivity index (χ0n) is 15.1. The first-order valence-corrected chi connectivity index (χ1v) is 9.25. The lowest BCUT2D eigenvalue weighted by molar-refractivity contribution is 0.517. The van der Waals surface area contributed by atoms with Gasteiger partial charge in [0.05, 0.1) is 23.3 Å². The molecule has 0 saturated heterocycles. The van der Waals surface area contributed by atoms with Crippen LogP contribution in [0.4, 0.5) is 5.95 Å². The van der Waals surface area contributed by atoms with Gasteiger partial charge in [-0.15, -0.1) is 10.2 Å². The Morgan fingerprint density at radius 3 is 2.79 bits per heavy atom. The van der Waals surface area contributed by atoms with Crippen LogP contribution >= 0.6 is 11.6 Å². The van der Waals surface area contributed by atoms with Crippen molar-refractivity contribution in [3.63, 3.8) is 0 Å². The summed E-state index contributed by atoms with van der Waals surface area (Å²) in [5.74, 6) is 2.08. The van der Waals surface area contributed by atoms with E-state index in [0.29, 0.717) is 23.3 Å². The molecule has 0 amide bonds. The van der Waals surface area contributed by atoms with Crippen LogP contribution in [0.5, 0.6) is 0 Å². The molecule has 7 heteroatoms. The van der Waals surface area contributed by atoms with Crippen molar-refractivity contribution in [1.82, 2.24) is 19.6 Å². The Kier molecular flexibility index (Phi) is 3.98. The van der Waals surface area contributed by atoms with Gasteiger partial charge in [0.25, 0.3) is 0 Å². The van der Waals surface area contributed by atoms with Gasteiger partial charge in [0.15, 0.2) is 11.5 Å². The number of aryl methyl sites for hydroxylation is 1. The Bertz CT molecular complexity index is 1290. The summed E-state index contributed by atoms with van der Waals surface area (Å²) in [5, 5.41) is 13.8. The molecule has 0 aliphatic rings. The summed E-state index contributed by atoms with van der Waals surface area (Å²) in [7, 11) is 0. The fourth-order valence-electron chi connectivity index (χ4n) is 3.26. The summed E-state index contributed by atoms with van der Waals surface area (Å²) in [5.41, 5.74) is 3.50. The Morgan fingerprint density at radius 1 is 1.07 bits per heavy atom. The number of nitrogens with zero attached hydrogens (tertiary/aromatic N) is 4. The maximum atomic E-state index is 6.43. The van der Waals surface area contributed by atoms with Crippen LogP contribution in [-0.2, 0) is 6.54 Å². The fourth-order valence-corrected chi connectivity index (χ4v) is 3.49. The quantitative estimate of drug-likeness (QED) is 0.462. The third-order valence-corrected chi connectivity index (χ3v) is 4.94. The average molecular weight is 390 g/mol. The second kappa shape index (κ2) is 6.65. The normalized spacial score (nSPS) is 11.4. The van der Waals surface area contributed by atoms with E-state index in [1.807, 2.05) is 59.9 Å². The number of hydrogen-bond donors (Lipinski definition) is 1. The van der Waals surface area contributed by atoms with E-state index in [1.165, 1.54) is 0 Å². The van der Waals surface area contributed by atoms with Crippen LogP contribution in [0.3, 0.4) is 0 Å². The van der Waals surface area contributed by atoms with Crippen molar-refractivity contribution in [3.8, 4) is 11.4 Å². The first-order valence-electron chi connectivity index (χ1n) is 8.87. The molecule has 28 heavy (non-hydrogen) atoms. The third kappa shape index (κ3) is 2.78. The molecule has 6 nitrogen and oxygen atoms in total. The summed E-state index contributed by atoms with van der Waals surface area (Å²) < 4.78 is 7.34. The molecule has 0 fully saturated rings.